The van der Waals surface area contributed by atoms with Crippen LogP contribution >= 0.6 is 0 Å². The maximum absolute atomic E-state index is 13.9. The highest BCUT2D eigenvalue weighted by atomic mass is 32.2. The monoisotopic (exact) mass is 449 g/mol. The van der Waals surface area contributed by atoms with Gasteiger partial charge in [0.05, 0.1) is 10.5 Å². The summed E-state index contributed by atoms with van der Waals surface area (Å²) in [4.78, 5) is 0.812. The first-order chi connectivity index (χ1) is 13.9. The fraction of sp³-hybridized carbons (Fsp3) is 0.368. The van der Waals surface area contributed by atoms with Gasteiger partial charge < -0.3 is 5.32 Å². The maximum atomic E-state index is 13.9. The molecule has 0 aliphatic carbocycles. The number of hydrogen-bond donors (Lipinski definition) is 2. The molecule has 3 N–H and O–H groups in total. The third-order valence-electron chi connectivity index (χ3n) is 4.91. The van der Waals surface area contributed by atoms with Gasteiger partial charge in [-0.25, -0.2) is 22.3 Å². The molecule has 1 aliphatic heterocycles. The van der Waals surface area contributed by atoms with E-state index in [1.165, 1.54) is 24.3 Å². The first kappa shape index (κ1) is 22.4. The number of anilines is 1. The van der Waals surface area contributed by atoms with E-state index in [4.69, 9.17) is 5.14 Å². The normalized spacial score (nSPS) is 18.4. The van der Waals surface area contributed by atoms with E-state index >= 15 is 0 Å². The van der Waals surface area contributed by atoms with E-state index in [-0.39, 0.29) is 23.8 Å². The Morgan fingerprint density at radius 1 is 1.13 bits per heavy atom. The van der Waals surface area contributed by atoms with E-state index in [0.29, 0.717) is 32.0 Å². The molecule has 2 aromatic carbocycles. The van der Waals surface area contributed by atoms with Gasteiger partial charge in [-0.3, -0.25) is 4.90 Å². The number of halogens is 5. The maximum Gasteiger partial charge on any atom is 0.417 e. The SMILES string of the molecule is NS(=O)(=O)c1ccc(NC2CCCN(Cc3c(F)cccc3F)C2)cc1C(F)(F)F. The summed E-state index contributed by atoms with van der Waals surface area (Å²) in [7, 11) is -4.55. The molecule has 2 aromatic rings. The van der Waals surface area contributed by atoms with E-state index < -0.39 is 38.3 Å². The molecule has 11 heteroatoms. The van der Waals surface area contributed by atoms with Gasteiger partial charge in [-0.1, -0.05) is 6.07 Å². The lowest BCUT2D eigenvalue weighted by Gasteiger charge is -2.34. The highest BCUT2D eigenvalue weighted by molar-refractivity contribution is 7.89. The smallest absolute Gasteiger partial charge is 0.381 e. The number of alkyl halides is 3. The Labute approximate surface area is 170 Å². The van der Waals surface area contributed by atoms with Crippen molar-refractivity contribution in [1.82, 2.24) is 4.90 Å². The van der Waals surface area contributed by atoms with Gasteiger partial charge in [0.25, 0.3) is 0 Å². The number of nitrogens with zero attached hydrogens (tertiary/aromatic N) is 1. The molecule has 3 rings (SSSR count). The van der Waals surface area contributed by atoms with Crippen LogP contribution in [0.15, 0.2) is 41.3 Å². The molecule has 1 atom stereocenters. The Hall–Kier alpha value is -2.24. The molecule has 1 aliphatic rings. The Morgan fingerprint density at radius 2 is 1.80 bits per heavy atom. The van der Waals surface area contributed by atoms with Gasteiger partial charge in [-0.05, 0) is 49.7 Å². The van der Waals surface area contributed by atoms with E-state index in [1.54, 1.807) is 0 Å². The van der Waals surface area contributed by atoms with Gasteiger partial charge in [-0.2, -0.15) is 13.2 Å². The molecular weight excluding hydrogens is 429 g/mol. The average molecular weight is 449 g/mol. The lowest BCUT2D eigenvalue weighted by molar-refractivity contribution is -0.139. The zero-order chi connectivity index (χ0) is 22.1. The molecule has 1 heterocycles. The molecule has 0 aromatic heterocycles. The standard InChI is InChI=1S/C19H20F5N3O2S/c20-16-4-1-5-17(21)14(16)11-27-8-2-3-13(10-27)26-12-6-7-18(30(25,28)29)15(9-12)19(22,23)24/h1,4-7,9,13,26H,2-3,8,10-11H2,(H2,25,28,29). The van der Waals surface area contributed by atoms with Gasteiger partial charge in [0, 0.05) is 30.4 Å². The summed E-state index contributed by atoms with van der Waals surface area (Å²) >= 11 is 0. The molecule has 0 bridgehead atoms. The van der Waals surface area contributed by atoms with Gasteiger partial charge in [0.1, 0.15) is 11.6 Å². The van der Waals surface area contributed by atoms with E-state index in [9.17, 15) is 30.4 Å². The predicted molar refractivity (Wildman–Crippen MR) is 101 cm³/mol. The first-order valence-corrected chi connectivity index (χ1v) is 10.7. The first-order valence-electron chi connectivity index (χ1n) is 9.11. The fourth-order valence-electron chi connectivity index (χ4n) is 3.55. The molecule has 0 amide bonds. The van der Waals surface area contributed by atoms with E-state index in [0.717, 1.165) is 6.07 Å². The van der Waals surface area contributed by atoms with Crippen LogP contribution in [0.2, 0.25) is 0 Å². The number of nitrogens with two attached hydrogens (primary N) is 1. The van der Waals surface area contributed by atoms with Crippen molar-refractivity contribution in [2.45, 2.75) is 36.5 Å². The minimum atomic E-state index is -4.90. The zero-order valence-corrected chi connectivity index (χ0v) is 16.5. The van der Waals surface area contributed by atoms with Crippen LogP contribution in [0, 0.1) is 11.6 Å². The Kier molecular flexibility index (Phi) is 6.34. The Bertz CT molecular complexity index is 1010. The summed E-state index contributed by atoms with van der Waals surface area (Å²) in [6, 6.07) is 6.07. The van der Waals surface area contributed by atoms with Crippen LogP contribution < -0.4 is 10.5 Å². The Morgan fingerprint density at radius 3 is 2.40 bits per heavy atom. The van der Waals surface area contributed by atoms with Crippen LogP contribution in [-0.4, -0.2) is 32.4 Å². The summed E-state index contributed by atoms with van der Waals surface area (Å²) in [5, 5.41) is 7.84. The Balaban J connectivity index is 1.76. The van der Waals surface area contributed by atoms with Gasteiger partial charge in [0.2, 0.25) is 10.0 Å². The number of nitrogens with one attached hydrogen (secondary N) is 1. The van der Waals surface area contributed by atoms with Gasteiger partial charge in [-0.15, -0.1) is 0 Å². The number of likely N-dealkylation sites (tertiary alicyclic amines) is 1. The molecule has 5 nitrogen and oxygen atoms in total. The molecule has 30 heavy (non-hydrogen) atoms. The number of hydrogen-bond acceptors (Lipinski definition) is 4. The van der Waals surface area contributed by atoms with Crippen molar-refractivity contribution in [3.05, 3.63) is 59.2 Å². The lowest BCUT2D eigenvalue weighted by Crippen LogP contribution is -2.42. The number of benzene rings is 2. The molecular formula is C19H20F5N3O2S. The van der Waals surface area contributed by atoms with Crippen molar-refractivity contribution in [3.8, 4) is 0 Å². The molecule has 164 valence electrons. The highest BCUT2D eigenvalue weighted by Crippen LogP contribution is 2.36. The van der Waals surface area contributed by atoms with Crippen LogP contribution in [0.5, 0.6) is 0 Å². The molecule has 1 unspecified atom stereocenters. The van der Waals surface area contributed by atoms with Crippen molar-refractivity contribution in [3.63, 3.8) is 0 Å². The van der Waals surface area contributed by atoms with Gasteiger partial charge >= 0.3 is 6.18 Å². The summed E-state index contributed by atoms with van der Waals surface area (Å²) in [5.74, 6) is -1.31. The molecule has 0 spiro atoms. The quantitative estimate of drug-likeness (QED) is 0.683. The fourth-order valence-corrected chi connectivity index (χ4v) is 4.29. The predicted octanol–water partition coefficient (Wildman–Crippen LogP) is 3.71. The van der Waals surface area contributed by atoms with Crippen LogP contribution in [-0.2, 0) is 22.7 Å². The van der Waals surface area contributed by atoms with E-state index in [2.05, 4.69) is 5.32 Å². The van der Waals surface area contributed by atoms with Crippen molar-refractivity contribution in [2.24, 2.45) is 5.14 Å². The van der Waals surface area contributed by atoms with Crippen molar-refractivity contribution >= 4 is 15.7 Å². The molecule has 0 radical (unpaired) electrons. The second-order valence-electron chi connectivity index (χ2n) is 7.17. The van der Waals surface area contributed by atoms with Crippen molar-refractivity contribution in [1.29, 1.82) is 0 Å². The second kappa shape index (κ2) is 8.48. The van der Waals surface area contributed by atoms with Gasteiger partial charge in [0.15, 0.2) is 0 Å². The number of rotatable bonds is 5. The minimum Gasteiger partial charge on any atom is -0.381 e. The second-order valence-corrected chi connectivity index (χ2v) is 8.70. The summed E-state index contributed by atoms with van der Waals surface area (Å²) in [5.41, 5.74) is -1.33. The molecule has 0 saturated carbocycles. The van der Waals surface area contributed by atoms with Crippen LogP contribution in [0.4, 0.5) is 27.6 Å². The number of sulfonamides is 1. The summed E-state index contributed by atoms with van der Waals surface area (Å²) < 4.78 is 90.6. The molecule has 1 fully saturated rings. The van der Waals surface area contributed by atoms with Crippen molar-refractivity contribution in [2.75, 3.05) is 18.4 Å². The van der Waals surface area contributed by atoms with Crippen LogP contribution in [0.25, 0.3) is 0 Å². The lowest BCUT2D eigenvalue weighted by atomic mass is 10.0. The van der Waals surface area contributed by atoms with Crippen LogP contribution in [0.1, 0.15) is 24.0 Å². The highest BCUT2D eigenvalue weighted by Gasteiger charge is 2.37. The largest absolute Gasteiger partial charge is 0.417 e. The van der Waals surface area contributed by atoms with Crippen LogP contribution in [0.3, 0.4) is 0 Å². The zero-order valence-electron chi connectivity index (χ0n) is 15.7. The molecule has 1 saturated heterocycles. The van der Waals surface area contributed by atoms with E-state index in [1.807, 2.05) is 4.90 Å². The summed E-state index contributed by atoms with van der Waals surface area (Å²) in [6.45, 7) is 0.977. The number of primary sulfonamides is 1. The summed E-state index contributed by atoms with van der Waals surface area (Å²) in [6.07, 6.45) is -3.59. The average Bonchev–Trinajstić information content (AvgIpc) is 2.63. The minimum absolute atomic E-state index is 0.0366. The topological polar surface area (TPSA) is 75.4 Å². The third kappa shape index (κ3) is 5.27. The third-order valence-corrected chi connectivity index (χ3v) is 5.88. The number of piperidine rings is 1. The van der Waals surface area contributed by atoms with Crippen molar-refractivity contribution < 1.29 is 30.4 Å².